The first-order valence-electron chi connectivity index (χ1n) is 8.97. The predicted octanol–water partition coefficient (Wildman–Crippen LogP) is 1.90. The van der Waals surface area contributed by atoms with Gasteiger partial charge < -0.3 is 19.9 Å². The minimum Gasteiger partial charge on any atom is -0.497 e. The average molecular weight is 391 g/mol. The van der Waals surface area contributed by atoms with Gasteiger partial charge in [0.05, 0.1) is 51.8 Å². The van der Waals surface area contributed by atoms with Crippen LogP contribution in [-0.2, 0) is 4.79 Å². The molecule has 144 valence electrons. The molecule has 1 fully saturated rings. The molecule has 2 aromatic rings. The molecule has 0 saturated carbocycles. The van der Waals surface area contributed by atoms with E-state index in [1.54, 1.807) is 19.2 Å². The summed E-state index contributed by atoms with van der Waals surface area (Å²) in [5, 5.41) is 2.77. The molecular weight excluding hydrogens is 365 g/mol. The number of carbonyl (C=O) groups excluding carboxylic acids is 1. The normalized spacial score (nSPS) is 14.9. The summed E-state index contributed by atoms with van der Waals surface area (Å²) >= 11 is 1.43. The van der Waals surface area contributed by atoms with Gasteiger partial charge in [0.15, 0.2) is 0 Å². The molecule has 1 amide bonds. The van der Waals surface area contributed by atoms with Gasteiger partial charge in [-0.15, -0.1) is 11.8 Å². The molecule has 1 heterocycles. The highest BCUT2D eigenvalue weighted by molar-refractivity contribution is 8.00. The van der Waals surface area contributed by atoms with E-state index < -0.39 is 0 Å². The summed E-state index contributed by atoms with van der Waals surface area (Å²) in [4.78, 5) is 16.7. The van der Waals surface area contributed by atoms with Crippen LogP contribution in [0, 0.1) is 5.82 Å². The molecule has 0 unspecified atom stereocenters. The number of quaternary nitrogens is 1. The van der Waals surface area contributed by atoms with Crippen molar-refractivity contribution in [2.45, 2.75) is 4.90 Å². The molecule has 0 spiro atoms. The number of carbonyl (C=O) groups is 1. The molecule has 2 aromatic carbocycles. The first kappa shape index (κ1) is 19.5. The van der Waals surface area contributed by atoms with E-state index >= 15 is 0 Å². The molecule has 27 heavy (non-hydrogen) atoms. The van der Waals surface area contributed by atoms with Gasteiger partial charge in [0, 0.05) is 10.6 Å². The minimum absolute atomic E-state index is 0.161. The van der Waals surface area contributed by atoms with Crippen molar-refractivity contribution in [2.75, 3.05) is 56.3 Å². The maximum absolute atomic E-state index is 14.5. The Bertz CT molecular complexity index is 777. The van der Waals surface area contributed by atoms with Crippen molar-refractivity contribution in [1.82, 2.24) is 0 Å². The van der Waals surface area contributed by atoms with Crippen molar-refractivity contribution < 1.29 is 18.8 Å². The van der Waals surface area contributed by atoms with Crippen LogP contribution < -0.4 is 19.9 Å². The fourth-order valence-corrected chi connectivity index (χ4v) is 3.69. The smallest absolute Gasteiger partial charge is 0.234 e. The van der Waals surface area contributed by atoms with E-state index in [2.05, 4.69) is 17.3 Å². The lowest BCUT2D eigenvalue weighted by molar-refractivity contribution is -0.880. The first-order chi connectivity index (χ1) is 13.0. The first-order valence-corrected chi connectivity index (χ1v) is 9.96. The van der Waals surface area contributed by atoms with E-state index in [1.165, 1.54) is 22.7 Å². The molecule has 0 atom stereocenters. The second kappa shape index (κ2) is 9.10. The average Bonchev–Trinajstić information content (AvgIpc) is 2.68. The molecule has 1 aliphatic rings. The van der Waals surface area contributed by atoms with Gasteiger partial charge in [-0.25, -0.2) is 4.39 Å². The van der Waals surface area contributed by atoms with Crippen LogP contribution in [0.15, 0.2) is 47.4 Å². The van der Waals surface area contributed by atoms with Crippen molar-refractivity contribution in [3.63, 3.8) is 0 Å². The highest BCUT2D eigenvalue weighted by Crippen LogP contribution is 2.24. The van der Waals surface area contributed by atoms with Gasteiger partial charge in [-0.1, -0.05) is 0 Å². The van der Waals surface area contributed by atoms with Crippen LogP contribution in [0.1, 0.15) is 0 Å². The summed E-state index contributed by atoms with van der Waals surface area (Å²) in [7, 11) is 3.76. The predicted molar refractivity (Wildman–Crippen MR) is 108 cm³/mol. The van der Waals surface area contributed by atoms with Crippen molar-refractivity contribution >= 4 is 29.0 Å². The van der Waals surface area contributed by atoms with Crippen LogP contribution in [0.5, 0.6) is 5.75 Å². The third kappa shape index (κ3) is 5.37. The molecule has 0 radical (unpaired) electrons. The van der Waals surface area contributed by atoms with Gasteiger partial charge in [0.1, 0.15) is 11.6 Å². The molecule has 7 heteroatoms. The third-order valence-corrected chi connectivity index (χ3v) is 5.63. The summed E-state index contributed by atoms with van der Waals surface area (Å²) in [5.41, 5.74) is 1.09. The van der Waals surface area contributed by atoms with Crippen molar-refractivity contribution in [1.29, 1.82) is 0 Å². The molecule has 0 aromatic heterocycles. The van der Waals surface area contributed by atoms with Crippen molar-refractivity contribution in [2.24, 2.45) is 0 Å². The van der Waals surface area contributed by atoms with Gasteiger partial charge in [-0.3, -0.25) is 4.79 Å². The number of thioether (sulfide) groups is 1. The third-order valence-electron chi connectivity index (χ3n) is 4.62. The van der Waals surface area contributed by atoms with Crippen LogP contribution >= 0.6 is 11.8 Å². The monoisotopic (exact) mass is 390 g/mol. The Morgan fingerprint density at radius 3 is 2.56 bits per heavy atom. The van der Waals surface area contributed by atoms with E-state index in [0.717, 1.165) is 36.8 Å². The van der Waals surface area contributed by atoms with Crippen LogP contribution in [0.25, 0.3) is 0 Å². The lowest BCUT2D eigenvalue weighted by Crippen LogP contribution is -3.12. The highest BCUT2D eigenvalue weighted by Gasteiger charge is 2.19. The second-order valence-electron chi connectivity index (χ2n) is 6.62. The van der Waals surface area contributed by atoms with Crippen LogP contribution in [0.2, 0.25) is 0 Å². The number of halogens is 1. The number of ether oxygens (including phenoxy) is 1. The standard InChI is InChI=1S/C20H24FN3O2S/c1-23-9-11-24(12-10-23)19-8-3-15(13-18(19)21)22-20(25)14-27-17-6-4-16(26-2)5-7-17/h3-8,13H,9-12,14H2,1-2H3,(H,22,25)/p+1. The number of methoxy groups -OCH3 is 1. The van der Waals surface area contributed by atoms with Gasteiger partial charge in [-0.05, 0) is 42.5 Å². The van der Waals surface area contributed by atoms with E-state index in [4.69, 9.17) is 4.74 Å². The van der Waals surface area contributed by atoms with E-state index in [0.29, 0.717) is 11.4 Å². The molecule has 1 aliphatic heterocycles. The van der Waals surface area contributed by atoms with Crippen LogP contribution in [-0.4, -0.2) is 52.0 Å². The largest absolute Gasteiger partial charge is 0.497 e. The number of nitrogens with one attached hydrogen (secondary N) is 2. The highest BCUT2D eigenvalue weighted by atomic mass is 32.2. The summed E-state index contributed by atoms with van der Waals surface area (Å²) < 4.78 is 19.6. The number of piperazine rings is 1. The van der Waals surface area contributed by atoms with Crippen LogP contribution in [0.4, 0.5) is 15.8 Å². The van der Waals surface area contributed by atoms with E-state index in [9.17, 15) is 9.18 Å². The summed E-state index contributed by atoms with van der Waals surface area (Å²) in [5.74, 6) is 0.583. The number of benzene rings is 2. The number of nitrogens with zero attached hydrogens (tertiary/aromatic N) is 1. The zero-order valence-electron chi connectivity index (χ0n) is 15.6. The Kier molecular flexibility index (Phi) is 6.58. The van der Waals surface area contributed by atoms with Crippen LogP contribution in [0.3, 0.4) is 0 Å². The summed E-state index contributed by atoms with van der Waals surface area (Å²) in [6.45, 7) is 3.68. The number of anilines is 2. The fourth-order valence-electron chi connectivity index (χ4n) is 2.99. The lowest BCUT2D eigenvalue weighted by Gasteiger charge is -2.32. The molecule has 1 saturated heterocycles. The molecule has 0 bridgehead atoms. The Morgan fingerprint density at radius 2 is 1.93 bits per heavy atom. The zero-order chi connectivity index (χ0) is 19.2. The molecule has 5 nitrogen and oxygen atoms in total. The van der Waals surface area contributed by atoms with E-state index in [1.807, 2.05) is 24.3 Å². The Hall–Kier alpha value is -2.25. The maximum Gasteiger partial charge on any atom is 0.234 e. The van der Waals surface area contributed by atoms with Crippen molar-refractivity contribution in [3.05, 3.63) is 48.3 Å². The number of hydrogen-bond acceptors (Lipinski definition) is 4. The van der Waals surface area contributed by atoms with Gasteiger partial charge in [0.2, 0.25) is 5.91 Å². The zero-order valence-corrected chi connectivity index (χ0v) is 16.4. The number of amides is 1. The molecule has 3 rings (SSSR count). The lowest BCUT2D eigenvalue weighted by atomic mass is 10.2. The molecule has 2 N–H and O–H groups in total. The summed E-state index contributed by atoms with van der Waals surface area (Å²) in [6, 6.07) is 12.4. The van der Waals surface area contributed by atoms with Crippen molar-refractivity contribution in [3.8, 4) is 5.75 Å². The van der Waals surface area contributed by atoms with Gasteiger partial charge in [-0.2, -0.15) is 0 Å². The van der Waals surface area contributed by atoms with E-state index in [-0.39, 0.29) is 17.5 Å². The molecule has 0 aliphatic carbocycles. The number of likely N-dealkylation sites (N-methyl/N-ethyl adjacent to an activating group) is 1. The SMILES string of the molecule is COc1ccc(SCC(=O)Nc2ccc(N3CC[NH+](C)CC3)c(F)c2)cc1. The van der Waals surface area contributed by atoms with Gasteiger partial charge >= 0.3 is 0 Å². The fraction of sp³-hybridized carbons (Fsp3) is 0.350. The minimum atomic E-state index is -0.296. The quantitative estimate of drug-likeness (QED) is 0.740. The Balaban J connectivity index is 1.53. The second-order valence-corrected chi connectivity index (χ2v) is 7.67. The Labute approximate surface area is 163 Å². The summed E-state index contributed by atoms with van der Waals surface area (Å²) in [6.07, 6.45) is 0. The number of hydrogen-bond donors (Lipinski definition) is 2. The topological polar surface area (TPSA) is 46.0 Å². The Morgan fingerprint density at radius 1 is 1.22 bits per heavy atom. The number of rotatable bonds is 6. The molecular formula is C20H25FN3O2S+. The maximum atomic E-state index is 14.5. The van der Waals surface area contributed by atoms with Gasteiger partial charge in [0.25, 0.3) is 0 Å².